The van der Waals surface area contributed by atoms with E-state index in [9.17, 15) is 9.18 Å². The molecule has 0 saturated heterocycles. The highest BCUT2D eigenvalue weighted by Gasteiger charge is 2.22. The van der Waals surface area contributed by atoms with E-state index in [1.165, 1.54) is 17.7 Å². The lowest BCUT2D eigenvalue weighted by molar-refractivity contribution is 0.0964. The minimum absolute atomic E-state index is 0.265. The number of hydrogen-bond donors (Lipinski definition) is 1. The first kappa shape index (κ1) is 23.4. The van der Waals surface area contributed by atoms with Crippen LogP contribution in [0.25, 0.3) is 44.7 Å². The number of rotatable bonds is 6. The van der Waals surface area contributed by atoms with E-state index in [1.54, 1.807) is 19.2 Å². The van der Waals surface area contributed by atoms with Gasteiger partial charge < -0.3 is 9.73 Å². The predicted octanol–water partition coefficient (Wildman–Crippen LogP) is 7.18. The van der Waals surface area contributed by atoms with Crippen LogP contribution in [0, 0.1) is 5.82 Å². The van der Waals surface area contributed by atoms with E-state index in [-0.39, 0.29) is 11.7 Å². The van der Waals surface area contributed by atoms with Gasteiger partial charge in [0.25, 0.3) is 5.91 Å². The molecule has 38 heavy (non-hydrogen) atoms. The molecule has 0 radical (unpaired) electrons. The van der Waals surface area contributed by atoms with E-state index in [0.717, 1.165) is 22.4 Å². The van der Waals surface area contributed by atoms with E-state index in [1.807, 2.05) is 65.5 Å². The Hall–Kier alpha value is -4.97. The first-order chi connectivity index (χ1) is 18.6. The standard InChI is InChI=1S/C32H24FN3O2/c1-34-32(37)30-27-19-24(12-15-29(27)38-31(30)22-10-13-26(33)14-11-22)23-8-5-9-25(18-23)28-16-17-35-36(28)20-21-6-3-2-4-7-21/h2-19H,20H2,1H3,(H,34,37). The zero-order valence-corrected chi connectivity index (χ0v) is 20.7. The van der Waals surface area contributed by atoms with Crippen molar-refractivity contribution in [2.45, 2.75) is 6.54 Å². The van der Waals surface area contributed by atoms with Crippen molar-refractivity contribution in [1.82, 2.24) is 15.1 Å². The van der Waals surface area contributed by atoms with Crippen molar-refractivity contribution in [3.63, 3.8) is 0 Å². The smallest absolute Gasteiger partial charge is 0.255 e. The zero-order valence-electron chi connectivity index (χ0n) is 20.7. The molecule has 0 aliphatic heterocycles. The Bertz CT molecular complexity index is 1750. The minimum Gasteiger partial charge on any atom is -0.455 e. The molecule has 0 aliphatic rings. The van der Waals surface area contributed by atoms with Gasteiger partial charge in [-0.1, -0.05) is 54.6 Å². The second-order valence-corrected chi connectivity index (χ2v) is 9.04. The summed E-state index contributed by atoms with van der Waals surface area (Å²) in [6.07, 6.45) is 1.81. The molecule has 0 saturated carbocycles. The third-order valence-corrected chi connectivity index (χ3v) is 6.63. The molecule has 1 amide bonds. The highest BCUT2D eigenvalue weighted by molar-refractivity contribution is 6.11. The number of carbonyl (C=O) groups is 1. The van der Waals surface area contributed by atoms with E-state index in [0.29, 0.717) is 34.4 Å². The topological polar surface area (TPSA) is 60.1 Å². The largest absolute Gasteiger partial charge is 0.455 e. The Morgan fingerprint density at radius 3 is 2.37 bits per heavy atom. The third kappa shape index (κ3) is 4.37. The maximum atomic E-state index is 13.5. The number of benzene rings is 4. The van der Waals surface area contributed by atoms with Crippen molar-refractivity contribution >= 4 is 16.9 Å². The van der Waals surface area contributed by atoms with E-state index in [2.05, 4.69) is 34.7 Å². The predicted molar refractivity (Wildman–Crippen MR) is 147 cm³/mol. The molecule has 0 bridgehead atoms. The highest BCUT2D eigenvalue weighted by atomic mass is 19.1. The fraction of sp³-hybridized carbons (Fsp3) is 0.0625. The molecule has 2 heterocycles. The first-order valence-electron chi connectivity index (χ1n) is 12.3. The molecule has 186 valence electrons. The second-order valence-electron chi connectivity index (χ2n) is 9.04. The van der Waals surface area contributed by atoms with Crippen LogP contribution in [-0.4, -0.2) is 22.7 Å². The van der Waals surface area contributed by atoms with Gasteiger partial charge in [0, 0.05) is 29.8 Å². The summed E-state index contributed by atoms with van der Waals surface area (Å²) in [6.45, 7) is 0.677. The van der Waals surface area contributed by atoms with Crippen LogP contribution < -0.4 is 5.32 Å². The number of nitrogens with zero attached hydrogens (tertiary/aromatic N) is 2. The molecule has 6 aromatic rings. The number of furan rings is 1. The summed E-state index contributed by atoms with van der Waals surface area (Å²) in [5, 5.41) is 7.95. The van der Waals surface area contributed by atoms with Crippen LogP contribution in [0.1, 0.15) is 15.9 Å². The van der Waals surface area contributed by atoms with Gasteiger partial charge in [-0.3, -0.25) is 9.48 Å². The number of halogens is 1. The van der Waals surface area contributed by atoms with Crippen molar-refractivity contribution in [2.24, 2.45) is 0 Å². The van der Waals surface area contributed by atoms with Crippen molar-refractivity contribution in [1.29, 1.82) is 0 Å². The van der Waals surface area contributed by atoms with E-state index in [4.69, 9.17) is 4.42 Å². The van der Waals surface area contributed by atoms with Gasteiger partial charge in [-0.25, -0.2) is 4.39 Å². The van der Waals surface area contributed by atoms with E-state index >= 15 is 0 Å². The van der Waals surface area contributed by atoms with Gasteiger partial charge in [-0.05, 0) is 65.2 Å². The number of amides is 1. The van der Waals surface area contributed by atoms with Crippen molar-refractivity contribution in [3.05, 3.63) is 126 Å². The Balaban J connectivity index is 1.41. The monoisotopic (exact) mass is 501 g/mol. The van der Waals surface area contributed by atoms with Gasteiger partial charge in [0.05, 0.1) is 17.8 Å². The molecule has 4 aromatic carbocycles. The molecule has 1 N–H and O–H groups in total. The molecule has 6 rings (SSSR count). The van der Waals surface area contributed by atoms with Crippen LogP contribution in [0.5, 0.6) is 0 Å². The first-order valence-corrected chi connectivity index (χ1v) is 12.3. The summed E-state index contributed by atoms with van der Waals surface area (Å²) in [4.78, 5) is 12.9. The maximum Gasteiger partial charge on any atom is 0.255 e. The summed E-state index contributed by atoms with van der Waals surface area (Å²) in [5.74, 6) is -0.201. The Morgan fingerprint density at radius 1 is 0.842 bits per heavy atom. The van der Waals surface area contributed by atoms with Crippen molar-refractivity contribution in [2.75, 3.05) is 7.05 Å². The lowest BCUT2D eigenvalue weighted by Crippen LogP contribution is -2.18. The van der Waals surface area contributed by atoms with Gasteiger partial charge in [0.2, 0.25) is 0 Å². The lowest BCUT2D eigenvalue weighted by atomic mass is 9.98. The SMILES string of the molecule is CNC(=O)c1c(-c2ccc(F)cc2)oc2ccc(-c3cccc(-c4ccnn4Cc4ccccc4)c3)cc12. The van der Waals surface area contributed by atoms with Gasteiger partial charge in [-0.2, -0.15) is 5.10 Å². The van der Waals surface area contributed by atoms with Gasteiger partial charge in [0.15, 0.2) is 0 Å². The van der Waals surface area contributed by atoms with Crippen LogP contribution in [0.2, 0.25) is 0 Å². The molecule has 0 unspecified atom stereocenters. The van der Waals surface area contributed by atoms with Crippen molar-refractivity contribution in [3.8, 4) is 33.7 Å². The fourth-order valence-corrected chi connectivity index (χ4v) is 4.75. The summed E-state index contributed by atoms with van der Waals surface area (Å²) >= 11 is 0. The van der Waals surface area contributed by atoms with Gasteiger partial charge in [0.1, 0.15) is 17.2 Å². The quantitative estimate of drug-likeness (QED) is 0.263. The summed E-state index contributed by atoms with van der Waals surface area (Å²) in [6, 6.07) is 32.3. The molecule has 2 aromatic heterocycles. The Kier molecular flexibility index (Phi) is 6.06. The van der Waals surface area contributed by atoms with Crippen LogP contribution in [0.15, 0.2) is 114 Å². The van der Waals surface area contributed by atoms with Crippen molar-refractivity contribution < 1.29 is 13.6 Å². The minimum atomic E-state index is -0.348. The molecular formula is C32H24FN3O2. The molecular weight excluding hydrogens is 477 g/mol. The average molecular weight is 502 g/mol. The molecule has 0 aliphatic carbocycles. The number of aromatic nitrogens is 2. The molecule has 0 spiro atoms. The lowest BCUT2D eigenvalue weighted by Gasteiger charge is -2.10. The maximum absolute atomic E-state index is 13.5. The van der Waals surface area contributed by atoms with Crippen LogP contribution >= 0.6 is 0 Å². The summed E-state index contributed by atoms with van der Waals surface area (Å²) in [5.41, 5.74) is 6.84. The molecule has 0 fully saturated rings. The average Bonchev–Trinajstić information content (AvgIpc) is 3.58. The number of carbonyl (C=O) groups excluding carboxylic acids is 1. The molecule has 5 nitrogen and oxygen atoms in total. The summed E-state index contributed by atoms with van der Waals surface area (Å²) in [7, 11) is 1.58. The molecule has 6 heteroatoms. The fourth-order valence-electron chi connectivity index (χ4n) is 4.75. The second kappa shape index (κ2) is 9.82. The number of hydrogen-bond acceptors (Lipinski definition) is 3. The van der Waals surface area contributed by atoms with Crippen LogP contribution in [0.3, 0.4) is 0 Å². The zero-order chi connectivity index (χ0) is 26.1. The Morgan fingerprint density at radius 2 is 1.58 bits per heavy atom. The highest BCUT2D eigenvalue weighted by Crippen LogP contribution is 2.37. The van der Waals surface area contributed by atoms with Crippen LogP contribution in [-0.2, 0) is 6.54 Å². The third-order valence-electron chi connectivity index (χ3n) is 6.63. The normalized spacial score (nSPS) is 11.1. The Labute approximate surface area is 219 Å². The number of nitrogens with one attached hydrogen (secondary N) is 1. The summed E-state index contributed by atoms with van der Waals surface area (Å²) < 4.78 is 21.6. The molecule has 0 atom stereocenters. The van der Waals surface area contributed by atoms with Gasteiger partial charge >= 0.3 is 0 Å². The van der Waals surface area contributed by atoms with E-state index < -0.39 is 0 Å². The number of fused-ring (bicyclic) bond motifs is 1. The van der Waals surface area contributed by atoms with Crippen LogP contribution in [0.4, 0.5) is 4.39 Å². The van der Waals surface area contributed by atoms with Gasteiger partial charge in [-0.15, -0.1) is 0 Å².